The van der Waals surface area contributed by atoms with E-state index in [1.807, 2.05) is 13.8 Å². The monoisotopic (exact) mass is 544 g/mol. The third-order valence-electron chi connectivity index (χ3n) is 6.19. The van der Waals surface area contributed by atoms with Gasteiger partial charge in [-0.05, 0) is 47.2 Å². The van der Waals surface area contributed by atoms with Crippen LogP contribution in [0.1, 0.15) is 53.8 Å². The molecular formula is C25H27ClF2N8O2. The molecule has 13 heteroatoms. The van der Waals surface area contributed by atoms with Crippen molar-refractivity contribution in [3.05, 3.63) is 74.8 Å². The Bertz CT molecular complexity index is 1340. The summed E-state index contributed by atoms with van der Waals surface area (Å²) in [7, 11) is 0. The lowest BCUT2D eigenvalue weighted by Crippen LogP contribution is -2.39. The van der Waals surface area contributed by atoms with E-state index in [1.54, 1.807) is 18.3 Å². The first-order chi connectivity index (χ1) is 18.2. The number of azide groups is 1. The molecule has 10 nitrogen and oxygen atoms in total. The van der Waals surface area contributed by atoms with Gasteiger partial charge in [0.25, 0.3) is 5.91 Å². The Hall–Kier alpha value is -3.73. The number of anilines is 1. The lowest BCUT2D eigenvalue weighted by molar-refractivity contribution is 0.0284. The van der Waals surface area contributed by atoms with Crippen molar-refractivity contribution in [1.29, 1.82) is 0 Å². The molecule has 3 aromatic rings. The van der Waals surface area contributed by atoms with Crippen LogP contribution in [0.25, 0.3) is 21.7 Å². The van der Waals surface area contributed by atoms with Crippen molar-refractivity contribution in [1.82, 2.24) is 20.3 Å². The molecule has 0 bridgehead atoms. The molecule has 3 heterocycles. The van der Waals surface area contributed by atoms with Gasteiger partial charge in [-0.15, -0.1) is 0 Å². The zero-order valence-electron chi connectivity index (χ0n) is 20.8. The predicted octanol–water partition coefficient (Wildman–Crippen LogP) is 5.71. The number of carbonyl (C=O) groups is 1. The molecule has 0 spiro atoms. The summed E-state index contributed by atoms with van der Waals surface area (Å²) < 4.78 is 33.6. The van der Waals surface area contributed by atoms with Crippen LogP contribution in [0.5, 0.6) is 0 Å². The highest BCUT2D eigenvalue weighted by Gasteiger charge is 2.26. The summed E-state index contributed by atoms with van der Waals surface area (Å²) in [5.41, 5.74) is 11.1. The molecule has 38 heavy (non-hydrogen) atoms. The second-order valence-electron chi connectivity index (χ2n) is 9.23. The SMILES string of the molecule is CC(C)c1cc(F)cc([C@@H](CN=[N+]=[N-])NC(=O)c2cc(-c3nc(N[C@@H]4CCOC[C@@H]4F)ncc3Cl)c[nH]2)c1. The van der Waals surface area contributed by atoms with Crippen molar-refractivity contribution in [3.63, 3.8) is 0 Å². The van der Waals surface area contributed by atoms with Gasteiger partial charge in [0, 0.05) is 23.3 Å². The van der Waals surface area contributed by atoms with Gasteiger partial charge in [-0.2, -0.15) is 0 Å². The Morgan fingerprint density at radius 3 is 2.87 bits per heavy atom. The maximum atomic E-state index is 14.3. The highest BCUT2D eigenvalue weighted by Crippen LogP contribution is 2.28. The number of nitrogens with one attached hydrogen (secondary N) is 3. The molecule has 1 saturated heterocycles. The lowest BCUT2D eigenvalue weighted by Gasteiger charge is -2.26. The molecule has 200 valence electrons. The van der Waals surface area contributed by atoms with Gasteiger partial charge in [0.15, 0.2) is 0 Å². The van der Waals surface area contributed by atoms with Gasteiger partial charge in [-0.1, -0.05) is 36.6 Å². The first-order valence-electron chi connectivity index (χ1n) is 12.1. The molecule has 0 radical (unpaired) electrons. The van der Waals surface area contributed by atoms with Gasteiger partial charge in [0.1, 0.15) is 17.7 Å². The van der Waals surface area contributed by atoms with Gasteiger partial charge in [0.05, 0.1) is 42.1 Å². The van der Waals surface area contributed by atoms with Crippen LogP contribution < -0.4 is 10.6 Å². The molecule has 1 fully saturated rings. The van der Waals surface area contributed by atoms with E-state index in [-0.39, 0.29) is 35.7 Å². The van der Waals surface area contributed by atoms with E-state index in [1.165, 1.54) is 18.3 Å². The highest BCUT2D eigenvalue weighted by molar-refractivity contribution is 6.32. The fraction of sp³-hybridized carbons (Fsp3) is 0.400. The number of nitrogens with zero attached hydrogens (tertiary/aromatic N) is 5. The average Bonchev–Trinajstić information content (AvgIpc) is 3.39. The van der Waals surface area contributed by atoms with Crippen LogP contribution in [0.15, 0.2) is 41.8 Å². The zero-order chi connectivity index (χ0) is 27.2. The number of hydrogen-bond donors (Lipinski definition) is 3. The van der Waals surface area contributed by atoms with E-state index in [0.29, 0.717) is 29.8 Å². The van der Waals surface area contributed by atoms with Gasteiger partial charge < -0.3 is 20.4 Å². The Morgan fingerprint density at radius 1 is 1.34 bits per heavy atom. The molecule has 4 rings (SSSR count). The number of hydrogen-bond acceptors (Lipinski definition) is 6. The fourth-order valence-electron chi connectivity index (χ4n) is 4.09. The summed E-state index contributed by atoms with van der Waals surface area (Å²) in [4.78, 5) is 27.3. The molecule has 0 unspecified atom stereocenters. The third kappa shape index (κ3) is 6.58. The number of aromatic amines is 1. The second kappa shape index (κ2) is 12.2. The lowest BCUT2D eigenvalue weighted by atomic mass is 9.97. The summed E-state index contributed by atoms with van der Waals surface area (Å²) in [5.74, 6) is -0.690. The van der Waals surface area contributed by atoms with E-state index in [4.69, 9.17) is 21.9 Å². The number of halogens is 3. The molecule has 1 aliphatic rings. The zero-order valence-corrected chi connectivity index (χ0v) is 21.5. The van der Waals surface area contributed by atoms with Gasteiger partial charge in [-0.3, -0.25) is 4.79 Å². The van der Waals surface area contributed by atoms with Crippen molar-refractivity contribution in [2.75, 3.05) is 25.1 Å². The molecule has 1 aromatic carbocycles. The largest absolute Gasteiger partial charge is 0.378 e. The van der Waals surface area contributed by atoms with E-state index in [2.05, 4.69) is 35.6 Å². The first-order valence-corrected chi connectivity index (χ1v) is 12.4. The van der Waals surface area contributed by atoms with E-state index in [0.717, 1.165) is 5.56 Å². The van der Waals surface area contributed by atoms with Crippen molar-refractivity contribution >= 4 is 23.5 Å². The predicted molar refractivity (Wildman–Crippen MR) is 139 cm³/mol. The molecular weight excluding hydrogens is 518 g/mol. The molecule has 2 aromatic heterocycles. The van der Waals surface area contributed by atoms with E-state index >= 15 is 0 Å². The average molecular weight is 545 g/mol. The van der Waals surface area contributed by atoms with Crippen LogP contribution in [-0.2, 0) is 4.74 Å². The maximum absolute atomic E-state index is 14.3. The minimum atomic E-state index is -1.19. The van der Waals surface area contributed by atoms with Crippen LogP contribution in [0.4, 0.5) is 14.7 Å². The Morgan fingerprint density at radius 2 is 2.13 bits per heavy atom. The van der Waals surface area contributed by atoms with Crippen LogP contribution in [0.3, 0.4) is 0 Å². The van der Waals surface area contributed by atoms with E-state index in [9.17, 15) is 13.6 Å². The van der Waals surface area contributed by atoms with Crippen molar-refractivity contribution in [2.24, 2.45) is 5.11 Å². The quantitative estimate of drug-likeness (QED) is 0.180. The normalized spacial score (nSPS) is 18.1. The highest BCUT2D eigenvalue weighted by atomic mass is 35.5. The number of aromatic nitrogens is 3. The van der Waals surface area contributed by atoms with E-state index < -0.39 is 30.0 Å². The van der Waals surface area contributed by atoms with Crippen molar-refractivity contribution in [2.45, 2.75) is 44.4 Å². The summed E-state index contributed by atoms with van der Waals surface area (Å²) in [5, 5.41) is 9.60. The smallest absolute Gasteiger partial charge is 0.268 e. The van der Waals surface area contributed by atoms with Crippen molar-refractivity contribution < 1.29 is 18.3 Å². The number of amides is 1. The van der Waals surface area contributed by atoms with Crippen LogP contribution in [0, 0.1) is 5.82 Å². The van der Waals surface area contributed by atoms with Crippen LogP contribution >= 0.6 is 11.6 Å². The first kappa shape index (κ1) is 27.3. The minimum absolute atomic E-state index is 0.00345. The Balaban J connectivity index is 1.54. The van der Waals surface area contributed by atoms with Gasteiger partial charge >= 0.3 is 0 Å². The third-order valence-corrected chi connectivity index (χ3v) is 6.47. The molecule has 3 N–H and O–H groups in total. The number of ether oxygens (including phenoxy) is 1. The van der Waals surface area contributed by atoms with Crippen molar-refractivity contribution in [3.8, 4) is 11.3 Å². The standard InChI is InChI=1S/C25H27ClF2N8O2/c1-13(2)14-5-15(7-17(27)6-14)22(11-32-36-29)33-24(37)21-8-16(9-30-21)23-18(26)10-31-25(35-23)34-20-3-4-38-12-19(20)28/h5-10,13,19-20,22,30H,3-4,11-12H2,1-2H3,(H,33,37)(H,31,34,35)/t19-,20+,22+/m0/s1. The summed E-state index contributed by atoms with van der Waals surface area (Å²) >= 11 is 6.32. The second-order valence-corrected chi connectivity index (χ2v) is 9.64. The molecule has 0 aliphatic carbocycles. The van der Waals surface area contributed by atoms with Gasteiger partial charge in [-0.25, -0.2) is 18.7 Å². The fourth-order valence-corrected chi connectivity index (χ4v) is 4.29. The topological polar surface area (TPSA) is 141 Å². The molecule has 0 saturated carbocycles. The van der Waals surface area contributed by atoms with Gasteiger partial charge in [0.2, 0.25) is 5.95 Å². The van der Waals surface area contributed by atoms with Crippen LogP contribution in [-0.4, -0.2) is 52.8 Å². The summed E-state index contributed by atoms with van der Waals surface area (Å²) in [6.07, 6.45) is 2.23. The Labute approximate surface area is 222 Å². The molecule has 3 atom stereocenters. The number of carbonyl (C=O) groups excluding carboxylic acids is 1. The number of H-pyrrole nitrogens is 1. The summed E-state index contributed by atoms with van der Waals surface area (Å²) in [6.45, 7) is 4.19. The molecule has 1 aliphatic heterocycles. The van der Waals surface area contributed by atoms with Crippen LogP contribution in [0.2, 0.25) is 5.02 Å². The Kier molecular flexibility index (Phi) is 8.77. The number of alkyl halides is 1. The molecule has 1 amide bonds. The maximum Gasteiger partial charge on any atom is 0.268 e. The number of benzene rings is 1. The summed E-state index contributed by atoms with van der Waals surface area (Å²) in [6, 6.07) is 4.82. The minimum Gasteiger partial charge on any atom is -0.378 e. The number of rotatable bonds is 9.